The van der Waals surface area contributed by atoms with Crippen molar-refractivity contribution in [2.75, 3.05) is 0 Å². The van der Waals surface area contributed by atoms with Crippen LogP contribution in [0.25, 0.3) is 0 Å². The van der Waals surface area contributed by atoms with Gasteiger partial charge in [0.05, 0.1) is 9.75 Å². The molecule has 0 saturated heterocycles. The first-order valence-electron chi connectivity index (χ1n) is 11.6. The minimum absolute atomic E-state index is 0.0970. The minimum Gasteiger partial charge on any atom is -0.267 e. The Morgan fingerprint density at radius 3 is 2.09 bits per heavy atom. The van der Waals surface area contributed by atoms with Gasteiger partial charge in [-0.2, -0.15) is 4.99 Å². The van der Waals surface area contributed by atoms with Crippen LogP contribution in [0.1, 0.15) is 84.3 Å². The fourth-order valence-electron chi connectivity index (χ4n) is 4.68. The van der Waals surface area contributed by atoms with E-state index < -0.39 is 0 Å². The number of aromatic nitrogens is 1. The highest BCUT2D eigenvalue weighted by molar-refractivity contribution is 7.14. The summed E-state index contributed by atoms with van der Waals surface area (Å²) in [6.07, 6.45) is 13.3. The van der Waals surface area contributed by atoms with Gasteiger partial charge >= 0.3 is 0 Å². The van der Waals surface area contributed by atoms with Gasteiger partial charge in [0.15, 0.2) is 0 Å². The zero-order chi connectivity index (χ0) is 22.1. The third-order valence-electron chi connectivity index (χ3n) is 6.42. The minimum atomic E-state index is -0.254. The third-order valence-corrected chi connectivity index (χ3v) is 8.87. The van der Waals surface area contributed by atoms with E-state index in [1.54, 1.807) is 39.5 Å². The second kappa shape index (κ2) is 9.28. The van der Waals surface area contributed by atoms with Crippen LogP contribution in [0.15, 0.2) is 35.5 Å². The fraction of sp³-hybridized carbons (Fsp3) is 0.423. The van der Waals surface area contributed by atoms with Crippen LogP contribution in [0.4, 0.5) is 0 Å². The van der Waals surface area contributed by atoms with Crippen molar-refractivity contribution in [1.29, 1.82) is 0 Å². The molecule has 0 aliphatic heterocycles. The number of pyridine rings is 1. The standard InChI is InChI=1S/C26H28N2O2S2/c1-17-12-13-24(27-25(29)22-14-18-8-4-2-6-10-20(18)31-22)28(16-17)26(30)23-15-19-9-5-3-7-11-21(19)32-23/h12-16H,2-11H2,1H3. The van der Waals surface area contributed by atoms with Crippen molar-refractivity contribution in [2.24, 2.45) is 4.99 Å². The van der Waals surface area contributed by atoms with E-state index in [9.17, 15) is 9.59 Å². The van der Waals surface area contributed by atoms with Gasteiger partial charge in [-0.1, -0.05) is 18.9 Å². The van der Waals surface area contributed by atoms with Crippen LogP contribution in [-0.2, 0) is 25.7 Å². The van der Waals surface area contributed by atoms with Gasteiger partial charge in [0.2, 0.25) is 0 Å². The molecular formula is C26H28N2O2S2. The van der Waals surface area contributed by atoms with Gasteiger partial charge in [-0.25, -0.2) is 0 Å². The maximum atomic E-state index is 13.4. The number of hydrogen-bond acceptors (Lipinski definition) is 4. The molecule has 0 spiro atoms. The van der Waals surface area contributed by atoms with Crippen LogP contribution in [0.2, 0.25) is 0 Å². The number of rotatable bonds is 2. The van der Waals surface area contributed by atoms with Crippen molar-refractivity contribution in [3.63, 3.8) is 0 Å². The lowest BCUT2D eigenvalue weighted by molar-refractivity contribution is 0.0957. The first-order valence-corrected chi connectivity index (χ1v) is 13.3. The Morgan fingerprint density at radius 2 is 1.41 bits per heavy atom. The van der Waals surface area contributed by atoms with Gasteiger partial charge in [0, 0.05) is 16.0 Å². The van der Waals surface area contributed by atoms with Crippen LogP contribution < -0.4 is 5.49 Å². The van der Waals surface area contributed by atoms with E-state index in [-0.39, 0.29) is 11.8 Å². The largest absolute Gasteiger partial charge is 0.289 e. The summed E-state index contributed by atoms with van der Waals surface area (Å²) in [4.78, 5) is 35.0. The van der Waals surface area contributed by atoms with Gasteiger partial charge in [0.1, 0.15) is 5.49 Å². The number of hydrogen-bond donors (Lipinski definition) is 0. The molecule has 0 bridgehead atoms. The van der Waals surface area contributed by atoms with Crippen molar-refractivity contribution >= 4 is 34.5 Å². The molecule has 0 fully saturated rings. The summed E-state index contributed by atoms with van der Waals surface area (Å²) in [5, 5.41) is 0. The maximum Gasteiger partial charge on any atom is 0.289 e. The number of thiophene rings is 2. The molecule has 32 heavy (non-hydrogen) atoms. The normalized spacial score (nSPS) is 16.7. The molecule has 0 radical (unpaired) electrons. The highest BCUT2D eigenvalue weighted by Gasteiger charge is 2.20. The molecule has 6 heteroatoms. The van der Waals surface area contributed by atoms with Crippen LogP contribution >= 0.6 is 22.7 Å². The molecule has 2 aliphatic rings. The lowest BCUT2D eigenvalue weighted by atomic mass is 10.1. The Labute approximate surface area is 196 Å². The first kappa shape index (κ1) is 21.5. The van der Waals surface area contributed by atoms with E-state index >= 15 is 0 Å². The number of carbonyl (C=O) groups excluding carboxylic acids is 2. The van der Waals surface area contributed by atoms with E-state index in [4.69, 9.17) is 0 Å². The summed E-state index contributed by atoms with van der Waals surface area (Å²) < 4.78 is 1.55. The van der Waals surface area contributed by atoms with E-state index in [2.05, 4.69) is 11.1 Å². The quantitative estimate of drug-likeness (QED) is 0.444. The van der Waals surface area contributed by atoms with Crippen molar-refractivity contribution < 1.29 is 9.59 Å². The lowest BCUT2D eigenvalue weighted by Crippen LogP contribution is -2.28. The zero-order valence-electron chi connectivity index (χ0n) is 18.5. The number of carbonyl (C=O) groups is 2. The van der Waals surface area contributed by atoms with Crippen LogP contribution in [0, 0.1) is 6.92 Å². The van der Waals surface area contributed by atoms with Gasteiger partial charge in [-0.05, 0) is 93.2 Å². The summed E-state index contributed by atoms with van der Waals surface area (Å²) in [7, 11) is 0. The SMILES string of the molecule is Cc1ccc(=NC(=O)c2cc3c(s2)CCCCC3)n(C(=O)c2cc3c(s2)CCCCC3)c1. The second-order valence-corrected chi connectivity index (χ2v) is 11.2. The molecular weight excluding hydrogens is 436 g/mol. The van der Waals surface area contributed by atoms with E-state index in [1.807, 2.05) is 19.1 Å². The molecule has 4 nitrogen and oxygen atoms in total. The topological polar surface area (TPSA) is 51.4 Å². The number of fused-ring (bicyclic) bond motifs is 2. The summed E-state index contributed by atoms with van der Waals surface area (Å²) in [5.41, 5.74) is 3.99. The van der Waals surface area contributed by atoms with Crippen LogP contribution in [-0.4, -0.2) is 16.4 Å². The predicted molar refractivity (Wildman–Crippen MR) is 130 cm³/mol. The zero-order valence-corrected chi connectivity index (χ0v) is 20.1. The van der Waals surface area contributed by atoms with E-state index in [0.717, 1.165) is 36.1 Å². The molecule has 0 unspecified atom stereocenters. The van der Waals surface area contributed by atoms with Crippen LogP contribution in [0.3, 0.4) is 0 Å². The Balaban J connectivity index is 1.49. The van der Waals surface area contributed by atoms with Crippen molar-refractivity contribution in [1.82, 2.24) is 4.57 Å². The molecule has 2 aliphatic carbocycles. The molecule has 1 amide bonds. The van der Waals surface area contributed by atoms with Gasteiger partial charge in [-0.15, -0.1) is 22.7 Å². The molecule has 166 valence electrons. The molecule has 3 aromatic rings. The van der Waals surface area contributed by atoms with Crippen molar-refractivity contribution in [3.8, 4) is 0 Å². The Kier molecular flexibility index (Phi) is 6.24. The molecule has 3 aromatic heterocycles. The fourth-order valence-corrected chi connectivity index (χ4v) is 7.01. The molecule has 5 rings (SSSR count). The predicted octanol–water partition coefficient (Wildman–Crippen LogP) is 5.89. The summed E-state index contributed by atoms with van der Waals surface area (Å²) in [5.74, 6) is -0.351. The monoisotopic (exact) mass is 464 g/mol. The Morgan fingerprint density at radius 1 is 0.812 bits per heavy atom. The maximum absolute atomic E-state index is 13.4. The van der Waals surface area contributed by atoms with Gasteiger partial charge in [0.25, 0.3) is 11.8 Å². The van der Waals surface area contributed by atoms with Gasteiger partial charge in [-0.3, -0.25) is 14.2 Å². The molecule has 0 atom stereocenters. The number of aryl methyl sites for hydroxylation is 5. The summed E-state index contributed by atoms with van der Waals surface area (Å²) in [6.45, 7) is 1.95. The third kappa shape index (κ3) is 4.44. The van der Waals surface area contributed by atoms with Crippen LogP contribution in [0.5, 0.6) is 0 Å². The molecule has 0 N–H and O–H groups in total. The van der Waals surface area contributed by atoms with E-state index in [0.29, 0.717) is 10.4 Å². The molecule has 0 saturated carbocycles. The lowest BCUT2D eigenvalue weighted by Gasteiger charge is -2.06. The molecule has 0 aromatic carbocycles. The summed E-state index contributed by atoms with van der Waals surface area (Å²) >= 11 is 3.18. The number of amides is 1. The number of nitrogens with zero attached hydrogens (tertiary/aromatic N) is 2. The first-order chi connectivity index (χ1) is 15.6. The average molecular weight is 465 g/mol. The van der Waals surface area contributed by atoms with Crippen molar-refractivity contribution in [2.45, 2.75) is 71.1 Å². The molecule has 3 heterocycles. The van der Waals surface area contributed by atoms with E-state index in [1.165, 1.54) is 59.4 Å². The highest BCUT2D eigenvalue weighted by Crippen LogP contribution is 2.30. The van der Waals surface area contributed by atoms with Gasteiger partial charge < -0.3 is 0 Å². The Bertz CT molecular complexity index is 1200. The second-order valence-electron chi connectivity index (χ2n) is 8.90. The Hall–Kier alpha value is -2.31. The summed E-state index contributed by atoms with van der Waals surface area (Å²) in [6, 6.07) is 7.77. The average Bonchev–Trinajstić information content (AvgIpc) is 3.23. The highest BCUT2D eigenvalue weighted by atomic mass is 32.1. The smallest absolute Gasteiger partial charge is 0.267 e. The van der Waals surface area contributed by atoms with Crippen molar-refractivity contribution in [3.05, 3.63) is 72.1 Å².